The predicted octanol–water partition coefficient (Wildman–Crippen LogP) is 3.44. The summed E-state index contributed by atoms with van der Waals surface area (Å²) in [7, 11) is -3.77. The maximum Gasteiger partial charge on any atom is 0.246 e. The quantitative estimate of drug-likeness (QED) is 0.690. The van der Waals surface area contributed by atoms with E-state index < -0.39 is 15.8 Å². The summed E-state index contributed by atoms with van der Waals surface area (Å²) in [4.78, 5) is 12.3. The zero-order chi connectivity index (χ0) is 20.7. The minimum absolute atomic E-state index is 0.00149. The van der Waals surface area contributed by atoms with Gasteiger partial charge < -0.3 is 10.1 Å². The molecule has 0 aromatic heterocycles. The van der Waals surface area contributed by atoms with E-state index in [9.17, 15) is 17.6 Å². The first kappa shape index (κ1) is 21.8. The first-order chi connectivity index (χ1) is 13.3. The number of carbonyl (C=O) groups excluding carboxylic acids is 1. The molecule has 0 radical (unpaired) electrons. The fourth-order valence-electron chi connectivity index (χ4n) is 2.80. The van der Waals surface area contributed by atoms with Crippen molar-refractivity contribution in [2.45, 2.75) is 32.1 Å². The van der Waals surface area contributed by atoms with E-state index in [1.165, 1.54) is 34.6 Å². The van der Waals surface area contributed by atoms with Gasteiger partial charge in [0, 0.05) is 18.8 Å². The molecule has 1 N–H and O–H groups in total. The van der Waals surface area contributed by atoms with Crippen molar-refractivity contribution in [3.05, 3.63) is 53.8 Å². The third-order valence-electron chi connectivity index (χ3n) is 4.10. The second kappa shape index (κ2) is 9.66. The molecule has 28 heavy (non-hydrogen) atoms. The van der Waals surface area contributed by atoms with Gasteiger partial charge in [0.15, 0.2) is 0 Å². The summed E-state index contributed by atoms with van der Waals surface area (Å²) >= 11 is 0. The molecule has 0 saturated heterocycles. The summed E-state index contributed by atoms with van der Waals surface area (Å²) in [5.74, 6) is -0.558. The van der Waals surface area contributed by atoms with E-state index >= 15 is 0 Å². The Morgan fingerprint density at radius 3 is 2.43 bits per heavy atom. The molecule has 0 aliphatic rings. The van der Waals surface area contributed by atoms with Gasteiger partial charge in [-0.05, 0) is 42.8 Å². The van der Waals surface area contributed by atoms with Gasteiger partial charge in [0.2, 0.25) is 15.9 Å². The van der Waals surface area contributed by atoms with Crippen LogP contribution in [0.5, 0.6) is 5.75 Å². The number of carbonyl (C=O) groups is 1. The lowest BCUT2D eigenvalue weighted by atomic mass is 10.1. The predicted molar refractivity (Wildman–Crippen MR) is 106 cm³/mol. The summed E-state index contributed by atoms with van der Waals surface area (Å²) in [6, 6.07) is 10.3. The minimum Gasteiger partial charge on any atom is -0.492 e. The monoisotopic (exact) mass is 408 g/mol. The van der Waals surface area contributed by atoms with Crippen LogP contribution in [0.15, 0.2) is 47.4 Å². The zero-order valence-corrected chi connectivity index (χ0v) is 17.1. The van der Waals surface area contributed by atoms with Gasteiger partial charge in [-0.3, -0.25) is 4.79 Å². The second-order valence-corrected chi connectivity index (χ2v) is 7.95. The molecule has 0 aliphatic carbocycles. The lowest BCUT2D eigenvalue weighted by Crippen LogP contribution is -2.31. The number of hydrogen-bond donors (Lipinski definition) is 1. The van der Waals surface area contributed by atoms with Crippen molar-refractivity contribution in [1.29, 1.82) is 0 Å². The summed E-state index contributed by atoms with van der Waals surface area (Å²) in [6.45, 7) is 6.23. The van der Waals surface area contributed by atoms with E-state index in [1.807, 2.05) is 0 Å². The van der Waals surface area contributed by atoms with Gasteiger partial charge in [0.1, 0.15) is 16.5 Å². The average molecular weight is 408 g/mol. The third kappa shape index (κ3) is 5.30. The molecule has 0 bridgehead atoms. The van der Waals surface area contributed by atoms with Gasteiger partial charge in [0.05, 0.1) is 13.0 Å². The van der Waals surface area contributed by atoms with Crippen LogP contribution in [0, 0.1) is 5.82 Å². The lowest BCUT2D eigenvalue weighted by molar-refractivity contribution is -0.115. The standard InChI is InChI=1S/C20H25FN2O4S/c1-4-23(5-2)28(25,26)19-14-17(10-11-18(19)27-6-3)22-20(24)13-15-8-7-9-16(21)12-15/h7-12,14H,4-6,13H2,1-3H3,(H,22,24). The molecule has 1 amide bonds. The number of rotatable bonds is 9. The van der Waals surface area contributed by atoms with Gasteiger partial charge in [-0.1, -0.05) is 26.0 Å². The highest BCUT2D eigenvalue weighted by molar-refractivity contribution is 7.89. The fraction of sp³-hybridized carbons (Fsp3) is 0.350. The highest BCUT2D eigenvalue weighted by atomic mass is 32.2. The van der Waals surface area contributed by atoms with Crippen LogP contribution in [0.2, 0.25) is 0 Å². The first-order valence-corrected chi connectivity index (χ1v) is 10.6. The summed E-state index contributed by atoms with van der Waals surface area (Å²) in [6.07, 6.45) is -0.0247. The van der Waals surface area contributed by atoms with Gasteiger partial charge >= 0.3 is 0 Å². The number of nitrogens with zero attached hydrogens (tertiary/aromatic N) is 1. The molecule has 0 aliphatic heterocycles. The van der Waals surface area contributed by atoms with Crippen LogP contribution in [0.1, 0.15) is 26.3 Å². The first-order valence-electron chi connectivity index (χ1n) is 9.13. The van der Waals surface area contributed by atoms with E-state index in [0.717, 1.165) is 0 Å². The molecule has 0 heterocycles. The van der Waals surface area contributed by atoms with E-state index in [-0.39, 0.29) is 23.0 Å². The fourth-order valence-corrected chi connectivity index (χ4v) is 4.42. The van der Waals surface area contributed by atoms with Crippen molar-refractivity contribution >= 4 is 21.6 Å². The highest BCUT2D eigenvalue weighted by Crippen LogP contribution is 2.30. The SMILES string of the molecule is CCOc1ccc(NC(=O)Cc2cccc(F)c2)cc1S(=O)(=O)N(CC)CC. The van der Waals surface area contributed by atoms with Crippen molar-refractivity contribution in [1.82, 2.24) is 4.31 Å². The Morgan fingerprint density at radius 2 is 1.82 bits per heavy atom. The molecule has 8 heteroatoms. The molecule has 0 atom stereocenters. The number of halogens is 1. The van der Waals surface area contributed by atoms with E-state index in [4.69, 9.17) is 4.74 Å². The van der Waals surface area contributed by atoms with Crippen molar-refractivity contribution in [3.8, 4) is 5.75 Å². The molecule has 2 rings (SSSR count). The van der Waals surface area contributed by atoms with Crippen molar-refractivity contribution in [2.75, 3.05) is 25.0 Å². The smallest absolute Gasteiger partial charge is 0.246 e. The van der Waals surface area contributed by atoms with Crippen molar-refractivity contribution in [3.63, 3.8) is 0 Å². The zero-order valence-electron chi connectivity index (χ0n) is 16.2. The van der Waals surface area contributed by atoms with E-state index in [1.54, 1.807) is 32.9 Å². The Kier molecular flexibility index (Phi) is 7.53. The Balaban J connectivity index is 2.30. The van der Waals surface area contributed by atoms with Crippen LogP contribution in [0.3, 0.4) is 0 Å². The number of ether oxygens (including phenoxy) is 1. The maximum absolute atomic E-state index is 13.3. The molecule has 2 aromatic carbocycles. The van der Waals surface area contributed by atoms with Crippen LogP contribution in [-0.4, -0.2) is 38.3 Å². The molecule has 6 nitrogen and oxygen atoms in total. The number of anilines is 1. The van der Waals surface area contributed by atoms with Crippen LogP contribution in [0.4, 0.5) is 10.1 Å². The normalized spacial score (nSPS) is 11.5. The summed E-state index contributed by atoms with van der Waals surface area (Å²) < 4.78 is 46.0. The molecular formula is C20H25FN2O4S. The molecule has 2 aromatic rings. The number of benzene rings is 2. The second-order valence-electron chi connectivity index (χ2n) is 6.04. The molecule has 0 unspecified atom stereocenters. The summed E-state index contributed by atoms with van der Waals surface area (Å²) in [5, 5.41) is 2.67. The Hall–Kier alpha value is -2.45. The Labute approximate surface area is 165 Å². The lowest BCUT2D eigenvalue weighted by Gasteiger charge is -2.21. The molecule has 0 fully saturated rings. The summed E-state index contributed by atoms with van der Waals surface area (Å²) in [5.41, 5.74) is 0.856. The minimum atomic E-state index is -3.77. The van der Waals surface area contributed by atoms with E-state index in [0.29, 0.717) is 30.9 Å². The molecule has 0 spiro atoms. The van der Waals surface area contributed by atoms with Crippen LogP contribution in [-0.2, 0) is 21.2 Å². The van der Waals surface area contributed by atoms with Crippen LogP contribution < -0.4 is 10.1 Å². The average Bonchev–Trinajstić information content (AvgIpc) is 2.63. The number of hydrogen-bond acceptors (Lipinski definition) is 4. The van der Waals surface area contributed by atoms with Gasteiger partial charge in [0.25, 0.3) is 0 Å². The van der Waals surface area contributed by atoms with Gasteiger partial charge in [-0.2, -0.15) is 4.31 Å². The molecular weight excluding hydrogens is 383 g/mol. The van der Waals surface area contributed by atoms with Crippen LogP contribution >= 0.6 is 0 Å². The number of sulfonamides is 1. The van der Waals surface area contributed by atoms with Gasteiger partial charge in [-0.25, -0.2) is 12.8 Å². The Bertz CT molecular complexity index is 928. The van der Waals surface area contributed by atoms with Crippen molar-refractivity contribution < 1.29 is 22.3 Å². The van der Waals surface area contributed by atoms with Gasteiger partial charge in [-0.15, -0.1) is 0 Å². The molecule has 152 valence electrons. The number of nitrogens with one attached hydrogen (secondary N) is 1. The Morgan fingerprint density at radius 1 is 1.11 bits per heavy atom. The topological polar surface area (TPSA) is 75.7 Å². The highest BCUT2D eigenvalue weighted by Gasteiger charge is 2.26. The number of amides is 1. The van der Waals surface area contributed by atoms with Crippen LogP contribution in [0.25, 0.3) is 0 Å². The largest absolute Gasteiger partial charge is 0.492 e. The van der Waals surface area contributed by atoms with E-state index in [2.05, 4.69) is 5.32 Å². The van der Waals surface area contributed by atoms with Crippen molar-refractivity contribution in [2.24, 2.45) is 0 Å². The third-order valence-corrected chi connectivity index (χ3v) is 6.18. The molecule has 0 saturated carbocycles. The maximum atomic E-state index is 13.3.